The molecule has 0 aromatic carbocycles. The van der Waals surface area contributed by atoms with Crippen LogP contribution in [0.4, 0.5) is 5.82 Å². The van der Waals surface area contributed by atoms with Gasteiger partial charge in [-0.2, -0.15) is 4.98 Å². The highest BCUT2D eigenvalue weighted by atomic mass is 35.5. The molecule has 0 amide bonds. The number of nitrogens with zero attached hydrogens (tertiary/aromatic N) is 4. The quantitative estimate of drug-likeness (QED) is 0.752. The van der Waals surface area contributed by atoms with Gasteiger partial charge in [-0.05, 0) is 19.4 Å². The van der Waals surface area contributed by atoms with Crippen LogP contribution in [0.25, 0.3) is 0 Å². The van der Waals surface area contributed by atoms with E-state index in [1.807, 2.05) is 6.20 Å². The molecule has 0 spiro atoms. The van der Waals surface area contributed by atoms with Crippen LogP contribution in [0, 0.1) is 0 Å². The van der Waals surface area contributed by atoms with Gasteiger partial charge in [0.15, 0.2) is 5.82 Å². The monoisotopic (exact) mass is 298 g/mol. The van der Waals surface area contributed by atoms with Crippen LogP contribution in [-0.4, -0.2) is 60.1 Å². The molecule has 0 atom stereocenters. The predicted octanol–water partition coefficient (Wildman–Crippen LogP) is 2.02. The Morgan fingerprint density at radius 2 is 2.15 bits per heavy atom. The molecular formula is C14H23ClN4O. The van der Waals surface area contributed by atoms with Crippen molar-refractivity contribution in [1.82, 2.24) is 14.9 Å². The van der Waals surface area contributed by atoms with Crippen molar-refractivity contribution >= 4 is 17.4 Å². The third-order valence-corrected chi connectivity index (χ3v) is 3.54. The fourth-order valence-electron chi connectivity index (χ4n) is 2.31. The molecular weight excluding hydrogens is 276 g/mol. The summed E-state index contributed by atoms with van der Waals surface area (Å²) in [5, 5.41) is 0. The Balaban J connectivity index is 1.96. The molecule has 20 heavy (non-hydrogen) atoms. The molecule has 1 fully saturated rings. The Morgan fingerprint density at radius 3 is 2.95 bits per heavy atom. The zero-order chi connectivity index (χ0) is 14.2. The summed E-state index contributed by atoms with van der Waals surface area (Å²) in [5.74, 6) is 2.22. The average Bonchev–Trinajstić information content (AvgIpc) is 2.72. The highest BCUT2D eigenvalue weighted by Crippen LogP contribution is 2.16. The topological polar surface area (TPSA) is 41.5 Å². The van der Waals surface area contributed by atoms with Crippen LogP contribution in [-0.2, 0) is 0 Å². The lowest BCUT2D eigenvalue weighted by atomic mass is 10.4. The fourth-order valence-corrected chi connectivity index (χ4v) is 2.55. The van der Waals surface area contributed by atoms with E-state index in [0.717, 1.165) is 51.4 Å². The number of ether oxygens (including phenoxy) is 1. The molecule has 2 heterocycles. The van der Waals surface area contributed by atoms with Crippen molar-refractivity contribution in [2.45, 2.75) is 19.8 Å². The summed E-state index contributed by atoms with van der Waals surface area (Å²) in [5.41, 5.74) is 0. The van der Waals surface area contributed by atoms with E-state index in [4.69, 9.17) is 16.3 Å². The molecule has 0 saturated carbocycles. The van der Waals surface area contributed by atoms with Crippen molar-refractivity contribution in [3.05, 3.63) is 12.4 Å². The summed E-state index contributed by atoms with van der Waals surface area (Å²) in [6, 6.07) is 0. The van der Waals surface area contributed by atoms with Gasteiger partial charge >= 0.3 is 0 Å². The van der Waals surface area contributed by atoms with Crippen LogP contribution in [0.3, 0.4) is 0 Å². The summed E-state index contributed by atoms with van der Waals surface area (Å²) in [6.07, 6.45) is 5.59. The molecule has 0 radical (unpaired) electrons. The molecule has 0 unspecified atom stereocenters. The molecule has 0 bridgehead atoms. The number of alkyl halides is 1. The number of aromatic nitrogens is 2. The minimum atomic E-state index is 0.617. The molecule has 0 aliphatic carbocycles. The predicted molar refractivity (Wildman–Crippen MR) is 81.8 cm³/mol. The summed E-state index contributed by atoms with van der Waals surface area (Å²) >= 11 is 5.82. The molecule has 0 N–H and O–H groups in total. The standard InChI is InChI=1S/C14H23ClN4O/c1-2-10-20-14-12-16-11-13(17-14)19-6-3-5-18(7-4-15)8-9-19/h11-12H,2-10H2,1H3. The van der Waals surface area contributed by atoms with Gasteiger partial charge < -0.3 is 14.5 Å². The normalized spacial score (nSPS) is 17.0. The Kier molecular flexibility index (Phi) is 6.33. The van der Waals surface area contributed by atoms with E-state index in [-0.39, 0.29) is 0 Å². The van der Waals surface area contributed by atoms with Gasteiger partial charge in [0.05, 0.1) is 19.0 Å². The number of halogens is 1. The molecule has 1 aliphatic rings. The summed E-state index contributed by atoms with van der Waals surface area (Å²) in [4.78, 5) is 13.5. The summed E-state index contributed by atoms with van der Waals surface area (Å²) in [6.45, 7) is 7.81. The fraction of sp³-hybridized carbons (Fsp3) is 0.714. The van der Waals surface area contributed by atoms with Crippen LogP contribution < -0.4 is 9.64 Å². The number of rotatable bonds is 6. The third kappa shape index (κ3) is 4.49. The first-order chi connectivity index (χ1) is 9.83. The van der Waals surface area contributed by atoms with Crippen molar-refractivity contribution in [2.24, 2.45) is 0 Å². The minimum Gasteiger partial charge on any atom is -0.477 e. The number of hydrogen-bond acceptors (Lipinski definition) is 5. The van der Waals surface area contributed by atoms with Crippen molar-refractivity contribution in [1.29, 1.82) is 0 Å². The van der Waals surface area contributed by atoms with E-state index in [1.54, 1.807) is 6.20 Å². The van der Waals surface area contributed by atoms with Gasteiger partial charge in [-0.3, -0.25) is 4.98 Å². The number of hydrogen-bond donors (Lipinski definition) is 0. The zero-order valence-electron chi connectivity index (χ0n) is 12.1. The highest BCUT2D eigenvalue weighted by Gasteiger charge is 2.16. The molecule has 1 aromatic rings. The van der Waals surface area contributed by atoms with Crippen LogP contribution in [0.15, 0.2) is 12.4 Å². The van der Waals surface area contributed by atoms with Crippen molar-refractivity contribution in [2.75, 3.05) is 50.1 Å². The second-order valence-corrected chi connectivity index (χ2v) is 5.31. The second kappa shape index (κ2) is 8.27. The van der Waals surface area contributed by atoms with Gasteiger partial charge in [-0.1, -0.05) is 6.92 Å². The molecule has 5 nitrogen and oxygen atoms in total. The largest absolute Gasteiger partial charge is 0.477 e. The van der Waals surface area contributed by atoms with Crippen molar-refractivity contribution < 1.29 is 4.74 Å². The molecule has 6 heteroatoms. The molecule has 1 aromatic heterocycles. The van der Waals surface area contributed by atoms with Crippen LogP contribution >= 0.6 is 11.6 Å². The Hall–Kier alpha value is -1.07. The zero-order valence-corrected chi connectivity index (χ0v) is 12.8. The lowest BCUT2D eigenvalue weighted by molar-refractivity contribution is 0.303. The van der Waals surface area contributed by atoms with Gasteiger partial charge in [0.2, 0.25) is 5.88 Å². The van der Waals surface area contributed by atoms with Crippen molar-refractivity contribution in [3.63, 3.8) is 0 Å². The molecule has 112 valence electrons. The Bertz CT molecular complexity index is 405. The first-order valence-corrected chi connectivity index (χ1v) is 7.85. The maximum atomic E-state index is 5.82. The summed E-state index contributed by atoms with van der Waals surface area (Å²) < 4.78 is 5.55. The van der Waals surface area contributed by atoms with E-state index < -0.39 is 0 Å². The van der Waals surface area contributed by atoms with Crippen LogP contribution in [0.5, 0.6) is 5.88 Å². The minimum absolute atomic E-state index is 0.617. The van der Waals surface area contributed by atoms with E-state index in [9.17, 15) is 0 Å². The van der Waals surface area contributed by atoms with Gasteiger partial charge in [-0.15, -0.1) is 11.6 Å². The van der Waals surface area contributed by atoms with Gasteiger partial charge in [0, 0.05) is 32.1 Å². The van der Waals surface area contributed by atoms with E-state index in [1.165, 1.54) is 0 Å². The first kappa shape index (κ1) is 15.3. The SMILES string of the molecule is CCCOc1cncc(N2CCCN(CCCl)CC2)n1. The maximum Gasteiger partial charge on any atom is 0.234 e. The molecule has 1 saturated heterocycles. The van der Waals surface area contributed by atoms with Gasteiger partial charge in [-0.25, -0.2) is 0 Å². The van der Waals surface area contributed by atoms with Gasteiger partial charge in [0.25, 0.3) is 0 Å². The van der Waals surface area contributed by atoms with E-state index in [2.05, 4.69) is 26.7 Å². The smallest absolute Gasteiger partial charge is 0.234 e. The van der Waals surface area contributed by atoms with Crippen molar-refractivity contribution in [3.8, 4) is 5.88 Å². The van der Waals surface area contributed by atoms with E-state index in [0.29, 0.717) is 18.4 Å². The highest BCUT2D eigenvalue weighted by molar-refractivity contribution is 6.18. The number of anilines is 1. The van der Waals surface area contributed by atoms with Crippen LogP contribution in [0.2, 0.25) is 0 Å². The maximum absolute atomic E-state index is 5.82. The lowest BCUT2D eigenvalue weighted by Crippen LogP contribution is -2.32. The Labute approximate surface area is 125 Å². The average molecular weight is 299 g/mol. The molecule has 2 rings (SSSR count). The van der Waals surface area contributed by atoms with Gasteiger partial charge in [0.1, 0.15) is 0 Å². The second-order valence-electron chi connectivity index (χ2n) is 4.94. The Morgan fingerprint density at radius 1 is 1.25 bits per heavy atom. The first-order valence-electron chi connectivity index (χ1n) is 7.31. The third-order valence-electron chi connectivity index (χ3n) is 3.37. The molecule has 1 aliphatic heterocycles. The van der Waals surface area contributed by atoms with Crippen LogP contribution in [0.1, 0.15) is 19.8 Å². The lowest BCUT2D eigenvalue weighted by Gasteiger charge is -2.22. The van der Waals surface area contributed by atoms with E-state index >= 15 is 0 Å². The summed E-state index contributed by atoms with van der Waals surface area (Å²) in [7, 11) is 0.